The molecule has 1 amide bonds. The third-order valence-electron chi connectivity index (χ3n) is 4.19. The molecule has 0 aliphatic carbocycles. The van der Waals surface area contributed by atoms with E-state index in [2.05, 4.69) is 14.1 Å². The Bertz CT molecular complexity index is 777. The largest absolute Gasteiger partial charge is 0.451 e. The molecule has 26 heavy (non-hydrogen) atoms. The molecule has 0 spiro atoms. The maximum Gasteiger partial charge on any atom is 0.303 e. The van der Waals surface area contributed by atoms with Crippen molar-refractivity contribution in [3.63, 3.8) is 0 Å². The number of anilines is 1. The van der Waals surface area contributed by atoms with E-state index in [1.807, 2.05) is 41.1 Å². The van der Waals surface area contributed by atoms with Crippen LogP contribution in [-0.4, -0.2) is 45.2 Å². The summed E-state index contributed by atoms with van der Waals surface area (Å²) in [4.78, 5) is 29.2. The van der Waals surface area contributed by atoms with Gasteiger partial charge in [-0.25, -0.2) is 0 Å². The number of hydrogen-bond acceptors (Lipinski definition) is 5. The molecule has 1 aliphatic heterocycles. The highest BCUT2D eigenvalue weighted by Gasteiger charge is 2.40. The fourth-order valence-corrected chi connectivity index (χ4v) is 5.01. The summed E-state index contributed by atoms with van der Waals surface area (Å²) in [6.45, 7) is 2.74. The molecule has 0 saturated heterocycles. The predicted octanol–water partition coefficient (Wildman–Crippen LogP) is 2.00. The van der Waals surface area contributed by atoms with E-state index in [9.17, 15) is 9.59 Å². The molecule has 138 valence electrons. The number of carbonyl (C=O) groups is 2. The van der Waals surface area contributed by atoms with E-state index in [0.717, 1.165) is 22.7 Å². The summed E-state index contributed by atoms with van der Waals surface area (Å²) in [5.74, 6) is -0.594. The van der Waals surface area contributed by atoms with Gasteiger partial charge < -0.3 is 14.5 Å². The fraction of sp³-hybridized carbons (Fsp3) is 0.368. The van der Waals surface area contributed by atoms with E-state index in [-0.39, 0.29) is 11.2 Å². The van der Waals surface area contributed by atoms with Crippen molar-refractivity contribution in [3.05, 3.63) is 46.7 Å². The van der Waals surface area contributed by atoms with Crippen LogP contribution < -0.4 is 9.80 Å². The van der Waals surface area contributed by atoms with Gasteiger partial charge in [-0.3, -0.25) is 9.59 Å². The van der Waals surface area contributed by atoms with Crippen LogP contribution in [0.3, 0.4) is 0 Å². The van der Waals surface area contributed by atoms with E-state index in [0.29, 0.717) is 6.54 Å². The van der Waals surface area contributed by atoms with E-state index >= 15 is 0 Å². The molecule has 1 aromatic heterocycles. The number of para-hydroxylation sites is 1. The molecular weight excluding hydrogens is 368 g/mol. The number of esters is 1. The minimum Gasteiger partial charge on any atom is -0.451 e. The Kier molecular flexibility index (Phi) is 6.01. The number of carbonyl (C=O) groups excluding carboxylic acids is 2. The van der Waals surface area contributed by atoms with Gasteiger partial charge in [-0.1, -0.05) is 12.1 Å². The van der Waals surface area contributed by atoms with Gasteiger partial charge in [-0.05, 0) is 34.5 Å². The minimum absolute atomic E-state index is 0.157. The summed E-state index contributed by atoms with van der Waals surface area (Å²) < 4.78 is 5.54. The molecule has 2 atom stereocenters. The van der Waals surface area contributed by atoms with Crippen molar-refractivity contribution in [2.45, 2.75) is 23.2 Å². The fourth-order valence-electron chi connectivity index (χ4n) is 2.92. The van der Waals surface area contributed by atoms with Crippen molar-refractivity contribution in [1.82, 2.24) is 0 Å². The van der Waals surface area contributed by atoms with Crippen LogP contribution >= 0.6 is 23.1 Å². The number of thiophene rings is 1. The van der Waals surface area contributed by atoms with Gasteiger partial charge >= 0.3 is 5.97 Å². The number of benzene rings is 1. The van der Waals surface area contributed by atoms with E-state index < -0.39 is 12.1 Å². The van der Waals surface area contributed by atoms with Gasteiger partial charge in [0.2, 0.25) is 0 Å². The van der Waals surface area contributed by atoms with Crippen molar-refractivity contribution in [2.24, 2.45) is 0 Å². The van der Waals surface area contributed by atoms with Crippen LogP contribution in [0.1, 0.15) is 17.7 Å². The second kappa shape index (κ2) is 8.24. The van der Waals surface area contributed by atoms with Crippen LogP contribution in [0, 0.1) is 0 Å². The van der Waals surface area contributed by atoms with Crippen LogP contribution in [0.2, 0.25) is 0 Å². The van der Waals surface area contributed by atoms with Gasteiger partial charge in [0.25, 0.3) is 5.91 Å². The van der Waals surface area contributed by atoms with E-state index in [1.54, 1.807) is 28.0 Å². The molecular formula is C19H23N2O3S2+. The molecule has 0 unspecified atom stereocenters. The lowest BCUT2D eigenvalue weighted by Gasteiger charge is -2.27. The first kappa shape index (κ1) is 18.9. The van der Waals surface area contributed by atoms with Crippen molar-refractivity contribution in [1.29, 1.82) is 0 Å². The average Bonchev–Trinajstić information content (AvgIpc) is 3.09. The number of amides is 1. The van der Waals surface area contributed by atoms with Crippen LogP contribution in [0.15, 0.2) is 46.0 Å². The number of hydrogen-bond donors (Lipinski definition) is 1. The lowest BCUT2D eigenvalue weighted by Crippen LogP contribution is -3.06. The van der Waals surface area contributed by atoms with Gasteiger partial charge in [0.15, 0.2) is 6.10 Å². The normalized spacial score (nSPS) is 20.0. The number of quaternary nitrogens is 1. The van der Waals surface area contributed by atoms with Crippen molar-refractivity contribution >= 4 is 40.7 Å². The van der Waals surface area contributed by atoms with E-state index in [4.69, 9.17) is 4.74 Å². The third-order valence-corrected chi connectivity index (χ3v) is 6.27. The average molecular weight is 392 g/mol. The molecule has 1 aromatic carbocycles. The zero-order valence-corrected chi connectivity index (χ0v) is 16.7. The van der Waals surface area contributed by atoms with Crippen LogP contribution in [0.4, 0.5) is 5.69 Å². The van der Waals surface area contributed by atoms with Crippen molar-refractivity contribution in [2.75, 3.05) is 32.1 Å². The van der Waals surface area contributed by atoms with E-state index in [1.165, 1.54) is 11.8 Å². The highest BCUT2D eigenvalue weighted by molar-refractivity contribution is 7.99. The lowest BCUT2D eigenvalue weighted by molar-refractivity contribution is -0.856. The van der Waals surface area contributed by atoms with Crippen molar-refractivity contribution in [3.8, 4) is 0 Å². The number of thioether (sulfide) groups is 1. The number of nitrogens with one attached hydrogen (secondary N) is 1. The first-order valence-electron chi connectivity index (χ1n) is 8.53. The maximum atomic E-state index is 13.4. The summed E-state index contributed by atoms with van der Waals surface area (Å²) in [6.07, 6.45) is -0.836. The Morgan fingerprint density at radius 3 is 2.69 bits per heavy atom. The molecule has 0 radical (unpaired) electrons. The number of ether oxygens (including phenoxy) is 1. The molecule has 0 bridgehead atoms. The second-order valence-corrected chi connectivity index (χ2v) is 8.50. The Hall–Kier alpha value is -1.83. The smallest absolute Gasteiger partial charge is 0.303 e. The number of fused-ring (bicyclic) bond motifs is 1. The van der Waals surface area contributed by atoms with Gasteiger partial charge in [-0.15, -0.1) is 11.8 Å². The lowest BCUT2D eigenvalue weighted by atomic mass is 10.1. The molecule has 2 aromatic rings. The standard InChI is InChI=1S/C19H22N2O3S2/c1-13(22)24-17-18(14-8-11-25-12-14)26-16-7-5-4-6-15(16)21(19(17)23)10-9-20(2)3/h4-8,11-12,17-18H,9-10H2,1-3H3/p+1/t17-,18+/m1/s1. The molecule has 3 rings (SSSR count). The topological polar surface area (TPSA) is 51.1 Å². The maximum absolute atomic E-state index is 13.4. The van der Waals surface area contributed by atoms with Gasteiger partial charge in [0.1, 0.15) is 0 Å². The Balaban J connectivity index is 2.05. The molecule has 0 fully saturated rings. The molecule has 2 heterocycles. The number of likely N-dealkylation sites (N-methyl/N-ethyl adjacent to an activating group) is 1. The van der Waals surface area contributed by atoms with Gasteiger partial charge in [0.05, 0.1) is 38.1 Å². The first-order valence-corrected chi connectivity index (χ1v) is 10.3. The monoisotopic (exact) mass is 391 g/mol. The second-order valence-electron chi connectivity index (χ2n) is 6.54. The molecule has 0 saturated carbocycles. The van der Waals surface area contributed by atoms with Gasteiger partial charge in [0, 0.05) is 11.8 Å². The summed E-state index contributed by atoms with van der Waals surface area (Å²) in [6, 6.07) is 9.90. The third kappa shape index (κ3) is 4.11. The minimum atomic E-state index is -0.836. The van der Waals surface area contributed by atoms with Crippen LogP contribution in [-0.2, 0) is 14.3 Å². The van der Waals surface area contributed by atoms with Crippen LogP contribution in [0.25, 0.3) is 0 Å². The SMILES string of the molecule is CC(=O)O[C@H]1C(=O)N(CC[NH+](C)C)c2ccccc2S[C@H]1c1ccsc1. The Morgan fingerprint density at radius 2 is 2.04 bits per heavy atom. The zero-order valence-electron chi connectivity index (χ0n) is 15.1. The summed E-state index contributed by atoms with van der Waals surface area (Å²) in [7, 11) is 4.11. The van der Waals surface area contributed by atoms with Crippen LogP contribution in [0.5, 0.6) is 0 Å². The first-order chi connectivity index (χ1) is 12.5. The number of nitrogens with zero attached hydrogens (tertiary/aromatic N) is 1. The zero-order chi connectivity index (χ0) is 18.7. The summed E-state index contributed by atoms with van der Waals surface area (Å²) in [5, 5.41) is 3.74. The molecule has 1 N–H and O–H groups in total. The summed E-state index contributed by atoms with van der Waals surface area (Å²) >= 11 is 3.16. The molecule has 7 heteroatoms. The Labute approximate surface area is 161 Å². The summed E-state index contributed by atoms with van der Waals surface area (Å²) in [5.41, 5.74) is 1.90. The molecule has 5 nitrogen and oxygen atoms in total. The highest BCUT2D eigenvalue weighted by atomic mass is 32.2. The molecule has 1 aliphatic rings. The Morgan fingerprint density at radius 1 is 1.27 bits per heavy atom. The van der Waals surface area contributed by atoms with Gasteiger partial charge in [-0.2, -0.15) is 11.3 Å². The predicted molar refractivity (Wildman–Crippen MR) is 105 cm³/mol. The van der Waals surface area contributed by atoms with Crippen molar-refractivity contribution < 1.29 is 19.2 Å². The quantitative estimate of drug-likeness (QED) is 0.792. The highest BCUT2D eigenvalue weighted by Crippen LogP contribution is 2.46. The number of rotatable bonds is 5.